The Labute approximate surface area is 78.8 Å². The molecule has 74 valence electrons. The lowest BCUT2D eigenvalue weighted by Gasteiger charge is -2.19. The van der Waals surface area contributed by atoms with E-state index in [1.54, 1.807) is 0 Å². The van der Waals surface area contributed by atoms with E-state index in [1.807, 2.05) is 6.92 Å². The van der Waals surface area contributed by atoms with Crippen LogP contribution in [0.25, 0.3) is 0 Å². The molecule has 2 unspecified atom stereocenters. The molecule has 0 aromatic rings. The molecule has 0 spiro atoms. The summed E-state index contributed by atoms with van der Waals surface area (Å²) in [4.78, 5) is 11.3. The molecule has 13 heavy (non-hydrogen) atoms. The highest BCUT2D eigenvalue weighted by Crippen LogP contribution is 2.34. The van der Waals surface area contributed by atoms with Gasteiger partial charge in [0.2, 0.25) is 5.91 Å². The van der Waals surface area contributed by atoms with Gasteiger partial charge in [0.1, 0.15) is 0 Å². The molecule has 0 saturated carbocycles. The van der Waals surface area contributed by atoms with E-state index in [0.717, 1.165) is 19.3 Å². The lowest BCUT2D eigenvalue weighted by atomic mass is 9.95. The van der Waals surface area contributed by atoms with Crippen LogP contribution in [0.1, 0.15) is 39.0 Å². The number of ether oxygens (including phenoxy) is 1. The van der Waals surface area contributed by atoms with E-state index in [1.165, 1.54) is 6.42 Å². The zero-order valence-corrected chi connectivity index (χ0v) is 8.08. The largest absolute Gasteiger partial charge is 0.373 e. The molecule has 1 amide bonds. The fourth-order valence-electron chi connectivity index (χ4n) is 2.30. The lowest BCUT2D eigenvalue weighted by molar-refractivity contribution is -0.122. The van der Waals surface area contributed by atoms with Gasteiger partial charge in [-0.15, -0.1) is 0 Å². The summed E-state index contributed by atoms with van der Waals surface area (Å²) in [5.41, 5.74) is 0. The van der Waals surface area contributed by atoms with E-state index in [0.29, 0.717) is 24.7 Å². The Morgan fingerprint density at radius 3 is 2.92 bits per heavy atom. The number of amides is 1. The summed E-state index contributed by atoms with van der Waals surface area (Å²) >= 11 is 0. The zero-order chi connectivity index (χ0) is 9.26. The van der Waals surface area contributed by atoms with Gasteiger partial charge in [-0.3, -0.25) is 4.79 Å². The summed E-state index contributed by atoms with van der Waals surface area (Å²) in [5, 5.41) is 3.05. The van der Waals surface area contributed by atoms with Crippen LogP contribution in [0.4, 0.5) is 0 Å². The fraction of sp³-hybridized carbons (Fsp3) is 0.900. The lowest BCUT2D eigenvalue weighted by Crippen LogP contribution is -2.41. The third kappa shape index (κ3) is 1.85. The molecule has 0 radical (unpaired) electrons. The van der Waals surface area contributed by atoms with Crippen LogP contribution in [0, 0.1) is 0 Å². The summed E-state index contributed by atoms with van der Waals surface area (Å²) < 4.78 is 5.65. The molecule has 2 saturated heterocycles. The highest BCUT2D eigenvalue weighted by molar-refractivity contribution is 5.76. The van der Waals surface area contributed by atoms with Crippen LogP contribution in [-0.4, -0.2) is 24.2 Å². The monoisotopic (exact) mass is 183 g/mol. The molecule has 3 atom stereocenters. The maximum absolute atomic E-state index is 11.3. The van der Waals surface area contributed by atoms with Crippen molar-refractivity contribution < 1.29 is 9.53 Å². The normalized spacial score (nSPS) is 36.5. The van der Waals surface area contributed by atoms with Crippen LogP contribution < -0.4 is 5.32 Å². The predicted molar refractivity (Wildman–Crippen MR) is 49.4 cm³/mol. The molecule has 0 aromatic carbocycles. The van der Waals surface area contributed by atoms with E-state index in [2.05, 4.69) is 5.32 Å². The van der Waals surface area contributed by atoms with Crippen molar-refractivity contribution in [2.45, 2.75) is 57.3 Å². The van der Waals surface area contributed by atoms with E-state index in [-0.39, 0.29) is 5.91 Å². The summed E-state index contributed by atoms with van der Waals surface area (Å²) in [6.07, 6.45) is 5.65. The van der Waals surface area contributed by atoms with Crippen LogP contribution in [0.5, 0.6) is 0 Å². The predicted octanol–water partition coefficient (Wildman–Crippen LogP) is 1.22. The second-order valence-corrected chi connectivity index (χ2v) is 4.03. The summed E-state index contributed by atoms with van der Waals surface area (Å²) in [6, 6.07) is 0.304. The smallest absolute Gasteiger partial charge is 0.220 e. The van der Waals surface area contributed by atoms with Gasteiger partial charge < -0.3 is 10.1 Å². The topological polar surface area (TPSA) is 38.3 Å². The van der Waals surface area contributed by atoms with Crippen LogP contribution in [-0.2, 0) is 9.53 Å². The first-order valence-electron chi connectivity index (χ1n) is 5.24. The first-order chi connectivity index (χ1) is 6.29. The van der Waals surface area contributed by atoms with Crippen molar-refractivity contribution in [3.63, 3.8) is 0 Å². The Morgan fingerprint density at radius 2 is 2.38 bits per heavy atom. The molecular weight excluding hydrogens is 166 g/mol. The van der Waals surface area contributed by atoms with Gasteiger partial charge in [0.15, 0.2) is 0 Å². The minimum atomic E-state index is 0.184. The average molecular weight is 183 g/mol. The number of carbonyl (C=O) groups is 1. The molecular formula is C10H17NO2. The van der Waals surface area contributed by atoms with Crippen molar-refractivity contribution in [1.82, 2.24) is 5.32 Å². The highest BCUT2D eigenvalue weighted by atomic mass is 16.5. The summed E-state index contributed by atoms with van der Waals surface area (Å²) in [5.74, 6) is 0.184. The maximum Gasteiger partial charge on any atom is 0.220 e. The Balaban J connectivity index is 1.79. The summed E-state index contributed by atoms with van der Waals surface area (Å²) in [6.45, 7) is 2.02. The molecule has 1 N–H and O–H groups in total. The van der Waals surface area contributed by atoms with Gasteiger partial charge in [-0.25, -0.2) is 0 Å². The minimum Gasteiger partial charge on any atom is -0.373 e. The van der Waals surface area contributed by atoms with Gasteiger partial charge in [-0.05, 0) is 25.7 Å². The van der Waals surface area contributed by atoms with Crippen LogP contribution >= 0.6 is 0 Å². The quantitative estimate of drug-likeness (QED) is 0.714. The molecule has 3 nitrogen and oxygen atoms in total. The van der Waals surface area contributed by atoms with Crippen molar-refractivity contribution in [2.24, 2.45) is 0 Å². The number of carbonyl (C=O) groups excluding carboxylic acids is 1. The van der Waals surface area contributed by atoms with Gasteiger partial charge in [0.25, 0.3) is 0 Å². The first kappa shape index (κ1) is 9.00. The molecule has 2 aliphatic rings. The molecule has 2 bridgehead atoms. The number of hydrogen-bond acceptors (Lipinski definition) is 2. The van der Waals surface area contributed by atoms with Gasteiger partial charge in [0, 0.05) is 6.42 Å². The Kier molecular flexibility index (Phi) is 2.54. The van der Waals surface area contributed by atoms with Crippen LogP contribution in [0.3, 0.4) is 0 Å². The number of nitrogens with one attached hydrogen (secondary N) is 1. The molecule has 2 aliphatic heterocycles. The van der Waals surface area contributed by atoms with Crippen LogP contribution in [0.15, 0.2) is 0 Å². The summed E-state index contributed by atoms with van der Waals surface area (Å²) in [7, 11) is 0. The second-order valence-electron chi connectivity index (χ2n) is 4.03. The number of fused-ring (bicyclic) bond motifs is 2. The standard InChI is InChI=1S/C10H17NO2/c1-2-3-10(12)11-8-6-7-4-5-9(8)13-7/h7-9H,2-6H2,1H3,(H,11,12)/t7?,8-,9?/m0/s1. The van der Waals surface area contributed by atoms with Crippen molar-refractivity contribution in [3.05, 3.63) is 0 Å². The van der Waals surface area contributed by atoms with Crippen molar-refractivity contribution in [2.75, 3.05) is 0 Å². The molecule has 2 fully saturated rings. The Hall–Kier alpha value is -0.570. The van der Waals surface area contributed by atoms with E-state index < -0.39 is 0 Å². The Bertz CT molecular complexity index is 205. The fourth-order valence-corrected chi connectivity index (χ4v) is 2.30. The van der Waals surface area contributed by atoms with Crippen molar-refractivity contribution in [1.29, 1.82) is 0 Å². The highest BCUT2D eigenvalue weighted by Gasteiger charge is 2.41. The SMILES string of the molecule is CCCC(=O)N[C@H]1CC2CCC1O2. The molecule has 2 rings (SSSR count). The van der Waals surface area contributed by atoms with Gasteiger partial charge in [0.05, 0.1) is 18.2 Å². The molecule has 2 heterocycles. The second kappa shape index (κ2) is 3.66. The third-order valence-corrected chi connectivity index (χ3v) is 2.93. The van der Waals surface area contributed by atoms with Gasteiger partial charge >= 0.3 is 0 Å². The maximum atomic E-state index is 11.3. The third-order valence-electron chi connectivity index (χ3n) is 2.93. The molecule has 0 aliphatic carbocycles. The average Bonchev–Trinajstić information content (AvgIpc) is 2.65. The van der Waals surface area contributed by atoms with Gasteiger partial charge in [-0.1, -0.05) is 6.92 Å². The first-order valence-corrected chi connectivity index (χ1v) is 5.24. The van der Waals surface area contributed by atoms with Gasteiger partial charge in [-0.2, -0.15) is 0 Å². The Morgan fingerprint density at radius 1 is 1.54 bits per heavy atom. The zero-order valence-electron chi connectivity index (χ0n) is 8.08. The molecule has 3 heteroatoms. The number of rotatable bonds is 3. The van der Waals surface area contributed by atoms with E-state index >= 15 is 0 Å². The van der Waals surface area contributed by atoms with E-state index in [9.17, 15) is 4.79 Å². The minimum absolute atomic E-state index is 0.184. The van der Waals surface area contributed by atoms with E-state index in [4.69, 9.17) is 4.74 Å². The van der Waals surface area contributed by atoms with Crippen molar-refractivity contribution in [3.8, 4) is 0 Å². The molecule has 0 aromatic heterocycles. The van der Waals surface area contributed by atoms with Crippen LogP contribution in [0.2, 0.25) is 0 Å². The van der Waals surface area contributed by atoms with Crippen molar-refractivity contribution >= 4 is 5.91 Å². The number of hydrogen-bond donors (Lipinski definition) is 1.